The maximum absolute atomic E-state index is 12.8. The molecule has 0 aliphatic rings. The fraction of sp³-hybridized carbons (Fsp3) is 0.292. The lowest BCUT2D eigenvalue weighted by Gasteiger charge is -2.33. The SMILES string of the molecule is CCc1ccc(C(CCc2cccnc2)(NCCc2cccnc2)C(N)=O)cc1. The third-order valence-electron chi connectivity index (χ3n) is 5.35. The predicted molar refractivity (Wildman–Crippen MR) is 115 cm³/mol. The van der Waals surface area contributed by atoms with E-state index in [4.69, 9.17) is 5.73 Å². The molecule has 150 valence electrons. The zero-order valence-electron chi connectivity index (χ0n) is 16.8. The van der Waals surface area contributed by atoms with Crippen molar-refractivity contribution in [2.24, 2.45) is 5.73 Å². The number of primary amides is 1. The number of pyridine rings is 2. The highest BCUT2D eigenvalue weighted by molar-refractivity contribution is 5.86. The van der Waals surface area contributed by atoms with Gasteiger partial charge in [-0.3, -0.25) is 20.1 Å². The van der Waals surface area contributed by atoms with Crippen LogP contribution in [0.25, 0.3) is 0 Å². The average molecular weight is 389 g/mol. The first-order valence-corrected chi connectivity index (χ1v) is 10.1. The summed E-state index contributed by atoms with van der Waals surface area (Å²) in [4.78, 5) is 21.1. The van der Waals surface area contributed by atoms with Crippen molar-refractivity contribution in [2.45, 2.75) is 38.1 Å². The summed E-state index contributed by atoms with van der Waals surface area (Å²) in [6, 6.07) is 16.1. The third kappa shape index (κ3) is 5.27. The molecule has 2 heterocycles. The van der Waals surface area contributed by atoms with E-state index in [1.165, 1.54) is 5.56 Å². The molecule has 0 saturated heterocycles. The standard InChI is InChI=1S/C24H28N4O/c1-2-19-7-9-22(10-8-19)24(23(25)29,13-11-20-5-3-14-26-17-20)28-16-12-21-6-4-15-27-18-21/h3-10,14-15,17-18,28H,2,11-13,16H2,1H3,(H2,25,29). The van der Waals surface area contributed by atoms with E-state index in [1.807, 2.05) is 48.8 Å². The van der Waals surface area contributed by atoms with Crippen LogP contribution in [-0.4, -0.2) is 22.4 Å². The number of carbonyl (C=O) groups is 1. The monoisotopic (exact) mass is 388 g/mol. The first-order valence-electron chi connectivity index (χ1n) is 10.1. The van der Waals surface area contributed by atoms with E-state index in [2.05, 4.69) is 34.3 Å². The smallest absolute Gasteiger partial charge is 0.242 e. The summed E-state index contributed by atoms with van der Waals surface area (Å²) in [6.07, 6.45) is 10.2. The van der Waals surface area contributed by atoms with Gasteiger partial charge in [0.2, 0.25) is 5.91 Å². The average Bonchev–Trinajstić information content (AvgIpc) is 2.77. The van der Waals surface area contributed by atoms with E-state index < -0.39 is 5.54 Å². The van der Waals surface area contributed by atoms with Crippen LogP contribution in [0.1, 0.15) is 35.6 Å². The van der Waals surface area contributed by atoms with Crippen molar-refractivity contribution in [3.63, 3.8) is 0 Å². The zero-order chi connectivity index (χ0) is 20.5. The van der Waals surface area contributed by atoms with Gasteiger partial charge in [0, 0.05) is 31.3 Å². The van der Waals surface area contributed by atoms with Crippen LogP contribution in [0.3, 0.4) is 0 Å². The van der Waals surface area contributed by atoms with E-state index in [0.717, 1.165) is 29.5 Å². The molecule has 0 bridgehead atoms. The van der Waals surface area contributed by atoms with E-state index in [9.17, 15) is 4.79 Å². The van der Waals surface area contributed by atoms with Crippen LogP contribution in [0.4, 0.5) is 0 Å². The summed E-state index contributed by atoms with van der Waals surface area (Å²) in [5, 5.41) is 3.48. The Morgan fingerprint density at radius 1 is 0.931 bits per heavy atom. The summed E-state index contributed by atoms with van der Waals surface area (Å²) in [7, 11) is 0. The lowest BCUT2D eigenvalue weighted by molar-refractivity contribution is -0.125. The summed E-state index contributed by atoms with van der Waals surface area (Å²) in [5.74, 6) is -0.364. The minimum absolute atomic E-state index is 0.364. The Hall–Kier alpha value is -3.05. The molecule has 1 amide bonds. The maximum Gasteiger partial charge on any atom is 0.242 e. The lowest BCUT2D eigenvalue weighted by atomic mass is 9.82. The van der Waals surface area contributed by atoms with Gasteiger partial charge in [0.1, 0.15) is 5.54 Å². The Morgan fingerprint density at radius 3 is 2.07 bits per heavy atom. The third-order valence-corrected chi connectivity index (χ3v) is 5.35. The normalized spacial score (nSPS) is 13.0. The molecule has 0 aliphatic heterocycles. The molecule has 3 N–H and O–H groups in total. The molecule has 5 nitrogen and oxygen atoms in total. The zero-order valence-corrected chi connectivity index (χ0v) is 16.8. The van der Waals surface area contributed by atoms with Crippen molar-refractivity contribution < 1.29 is 4.79 Å². The number of rotatable bonds is 10. The number of amides is 1. The van der Waals surface area contributed by atoms with Crippen molar-refractivity contribution in [3.8, 4) is 0 Å². The fourth-order valence-electron chi connectivity index (χ4n) is 3.56. The van der Waals surface area contributed by atoms with E-state index in [-0.39, 0.29) is 5.91 Å². The van der Waals surface area contributed by atoms with Crippen LogP contribution >= 0.6 is 0 Å². The van der Waals surface area contributed by atoms with E-state index >= 15 is 0 Å². The number of nitrogens with one attached hydrogen (secondary N) is 1. The molecule has 5 heteroatoms. The molecular formula is C24H28N4O. The Morgan fingerprint density at radius 2 is 1.55 bits per heavy atom. The topological polar surface area (TPSA) is 80.9 Å². The molecule has 0 fully saturated rings. The number of nitrogens with two attached hydrogens (primary N) is 1. The molecule has 0 spiro atoms. The van der Waals surface area contributed by atoms with Crippen LogP contribution < -0.4 is 11.1 Å². The van der Waals surface area contributed by atoms with Gasteiger partial charge in [-0.05, 0) is 60.1 Å². The van der Waals surface area contributed by atoms with Crippen molar-refractivity contribution >= 4 is 5.91 Å². The summed E-state index contributed by atoms with van der Waals surface area (Å²) in [5.41, 5.74) is 9.38. The predicted octanol–water partition coefficient (Wildman–Crippen LogP) is 3.18. The van der Waals surface area contributed by atoms with Crippen LogP contribution in [0.2, 0.25) is 0 Å². The van der Waals surface area contributed by atoms with Crippen molar-refractivity contribution in [1.82, 2.24) is 15.3 Å². The van der Waals surface area contributed by atoms with Gasteiger partial charge in [-0.15, -0.1) is 0 Å². The molecule has 0 radical (unpaired) electrons. The number of aryl methyl sites for hydroxylation is 2. The van der Waals surface area contributed by atoms with Crippen molar-refractivity contribution in [1.29, 1.82) is 0 Å². The van der Waals surface area contributed by atoms with Crippen LogP contribution in [0.15, 0.2) is 73.3 Å². The van der Waals surface area contributed by atoms with Gasteiger partial charge < -0.3 is 5.73 Å². The second kappa shape index (κ2) is 9.94. The summed E-state index contributed by atoms with van der Waals surface area (Å²) < 4.78 is 0. The fourth-order valence-corrected chi connectivity index (χ4v) is 3.56. The van der Waals surface area contributed by atoms with E-state index in [1.54, 1.807) is 12.4 Å². The Labute approximate surface area is 172 Å². The number of aromatic nitrogens is 2. The molecule has 0 aliphatic carbocycles. The lowest BCUT2D eigenvalue weighted by Crippen LogP contribution is -2.53. The van der Waals surface area contributed by atoms with Crippen LogP contribution in [-0.2, 0) is 29.6 Å². The molecule has 3 aromatic rings. The first kappa shape index (κ1) is 20.7. The molecule has 1 atom stereocenters. The minimum atomic E-state index is -0.940. The molecule has 2 aromatic heterocycles. The molecular weight excluding hydrogens is 360 g/mol. The molecule has 0 saturated carbocycles. The number of carbonyl (C=O) groups excluding carboxylic acids is 1. The second-order valence-corrected chi connectivity index (χ2v) is 7.22. The molecule has 29 heavy (non-hydrogen) atoms. The first-order chi connectivity index (χ1) is 14.1. The van der Waals surface area contributed by atoms with Gasteiger partial charge in [-0.2, -0.15) is 0 Å². The van der Waals surface area contributed by atoms with Crippen LogP contribution in [0, 0.1) is 0 Å². The van der Waals surface area contributed by atoms with Gasteiger partial charge in [0.15, 0.2) is 0 Å². The van der Waals surface area contributed by atoms with Crippen molar-refractivity contribution in [2.75, 3.05) is 6.54 Å². The Bertz CT molecular complexity index is 897. The quantitative estimate of drug-likeness (QED) is 0.559. The summed E-state index contributed by atoms with van der Waals surface area (Å²) in [6.45, 7) is 2.74. The highest BCUT2D eigenvalue weighted by atomic mass is 16.1. The Balaban J connectivity index is 1.84. The number of nitrogens with zero attached hydrogens (tertiary/aromatic N) is 2. The van der Waals surface area contributed by atoms with Gasteiger partial charge in [-0.25, -0.2) is 0 Å². The molecule has 1 aromatic carbocycles. The second-order valence-electron chi connectivity index (χ2n) is 7.22. The number of hydrogen-bond acceptors (Lipinski definition) is 4. The largest absolute Gasteiger partial charge is 0.368 e. The summed E-state index contributed by atoms with van der Waals surface area (Å²) >= 11 is 0. The number of benzene rings is 1. The Kier molecular flexibility index (Phi) is 7.09. The number of hydrogen-bond donors (Lipinski definition) is 2. The van der Waals surface area contributed by atoms with Crippen molar-refractivity contribution in [3.05, 3.63) is 95.6 Å². The van der Waals surface area contributed by atoms with E-state index in [0.29, 0.717) is 19.4 Å². The van der Waals surface area contributed by atoms with Crippen LogP contribution in [0.5, 0.6) is 0 Å². The van der Waals surface area contributed by atoms with Gasteiger partial charge in [-0.1, -0.05) is 43.3 Å². The van der Waals surface area contributed by atoms with Gasteiger partial charge in [0.25, 0.3) is 0 Å². The highest BCUT2D eigenvalue weighted by Gasteiger charge is 2.37. The maximum atomic E-state index is 12.8. The highest BCUT2D eigenvalue weighted by Crippen LogP contribution is 2.28. The molecule has 3 rings (SSSR count). The molecule has 1 unspecified atom stereocenters. The minimum Gasteiger partial charge on any atom is -0.368 e. The van der Waals surface area contributed by atoms with Gasteiger partial charge in [0.05, 0.1) is 0 Å². The van der Waals surface area contributed by atoms with Gasteiger partial charge >= 0.3 is 0 Å².